The van der Waals surface area contributed by atoms with E-state index in [2.05, 4.69) is 26.8 Å². The molecular weight excluding hydrogens is 334 g/mol. The van der Waals surface area contributed by atoms with Crippen LogP contribution < -0.4 is 0 Å². The fourth-order valence-electron chi connectivity index (χ4n) is 2.29. The van der Waals surface area contributed by atoms with Crippen molar-refractivity contribution in [1.82, 2.24) is 14.5 Å². The summed E-state index contributed by atoms with van der Waals surface area (Å²) in [6.45, 7) is -0.179. The van der Waals surface area contributed by atoms with Crippen molar-refractivity contribution in [1.29, 1.82) is 0 Å². The van der Waals surface area contributed by atoms with Crippen molar-refractivity contribution in [2.75, 3.05) is 13.7 Å². The van der Waals surface area contributed by atoms with Crippen LogP contribution in [0.15, 0.2) is 66.9 Å². The van der Waals surface area contributed by atoms with Crippen molar-refractivity contribution in [3.05, 3.63) is 66.9 Å². The number of nitrogens with zero attached hydrogens (tertiary/aromatic N) is 3. The number of hydrogen-bond acceptors (Lipinski definition) is 6. The summed E-state index contributed by atoms with van der Waals surface area (Å²) in [6.07, 6.45) is 6.92. The molecule has 0 aliphatic heterocycles. The Labute approximate surface area is 150 Å². The third-order valence-electron chi connectivity index (χ3n) is 3.51. The number of rotatable bonds is 5. The van der Waals surface area contributed by atoms with Crippen LogP contribution in [0.5, 0.6) is 0 Å². The quantitative estimate of drug-likeness (QED) is 0.248. The van der Waals surface area contributed by atoms with Crippen LogP contribution in [0.1, 0.15) is 6.42 Å². The summed E-state index contributed by atoms with van der Waals surface area (Å²) in [5.41, 5.74) is 1.31. The molecule has 3 rings (SSSR count). The van der Waals surface area contributed by atoms with E-state index >= 15 is 0 Å². The number of para-hydroxylation sites is 1. The van der Waals surface area contributed by atoms with Crippen LogP contribution in [0, 0.1) is 0 Å². The topological polar surface area (TPSA) is 94.3 Å². The van der Waals surface area contributed by atoms with Crippen molar-refractivity contribution >= 4 is 28.9 Å². The monoisotopic (exact) mass is 353 g/mol. The third-order valence-corrected chi connectivity index (χ3v) is 3.51. The molecule has 0 bridgehead atoms. The normalized spacial score (nSPS) is 11.2. The maximum absolute atomic E-state index is 11.3. The van der Waals surface area contributed by atoms with E-state index in [0.717, 1.165) is 5.52 Å². The Balaban J connectivity index is 0.000000206. The van der Waals surface area contributed by atoms with Gasteiger partial charge in [0.25, 0.3) is 0 Å². The Morgan fingerprint density at radius 3 is 2.62 bits per heavy atom. The standard InChI is InChI=1S/C10H12N2O4.C9H7N/c1-16-10(15)8(6-14)9(2-5-13)12-4-3-11-7-12;1-2-6-9-8(4-1)5-3-7-10-9/h3-4,6-7,13H,2,5H2,1H3;1-7H. The van der Waals surface area contributed by atoms with Crippen molar-refractivity contribution in [2.24, 2.45) is 0 Å². The first-order chi connectivity index (χ1) is 12.7. The minimum Gasteiger partial charge on any atom is -0.465 e. The summed E-state index contributed by atoms with van der Waals surface area (Å²) in [7, 11) is 1.19. The van der Waals surface area contributed by atoms with Crippen LogP contribution >= 0.6 is 0 Å². The SMILES string of the molecule is COC(=O)C(C=O)=C(CCO)n1ccnc1.c1ccc2ncccc2c1. The van der Waals surface area contributed by atoms with Gasteiger partial charge in [-0.2, -0.15) is 0 Å². The summed E-state index contributed by atoms with van der Waals surface area (Å²) in [5.74, 6) is -0.729. The predicted molar refractivity (Wildman–Crippen MR) is 97.0 cm³/mol. The number of carbonyl (C=O) groups excluding carboxylic acids is 2. The van der Waals surface area contributed by atoms with Gasteiger partial charge in [-0.05, 0) is 12.1 Å². The third kappa shape index (κ3) is 4.84. The Kier molecular flexibility index (Phi) is 7.20. The summed E-state index contributed by atoms with van der Waals surface area (Å²) >= 11 is 0. The number of aromatic nitrogens is 3. The first kappa shape index (κ1) is 19.0. The summed E-state index contributed by atoms with van der Waals surface area (Å²) in [5, 5.41) is 10.1. The number of esters is 1. The number of carbonyl (C=O) groups is 2. The van der Waals surface area contributed by atoms with E-state index in [0.29, 0.717) is 12.0 Å². The van der Waals surface area contributed by atoms with Crippen molar-refractivity contribution in [2.45, 2.75) is 6.42 Å². The lowest BCUT2D eigenvalue weighted by Gasteiger charge is -2.09. The Hall–Kier alpha value is -3.32. The maximum atomic E-state index is 11.3. The summed E-state index contributed by atoms with van der Waals surface area (Å²) in [6, 6.07) is 12.1. The van der Waals surface area contributed by atoms with Crippen LogP contribution in [0.4, 0.5) is 0 Å². The number of aliphatic hydroxyl groups excluding tert-OH is 1. The van der Waals surface area contributed by atoms with Crippen molar-refractivity contribution in [3.8, 4) is 0 Å². The molecule has 0 amide bonds. The van der Waals surface area contributed by atoms with Gasteiger partial charge in [-0.1, -0.05) is 24.3 Å². The molecule has 0 spiro atoms. The van der Waals surface area contributed by atoms with Crippen molar-refractivity contribution < 1.29 is 19.4 Å². The average Bonchev–Trinajstić information content (AvgIpc) is 3.23. The van der Waals surface area contributed by atoms with Gasteiger partial charge in [0.05, 0.1) is 19.0 Å². The molecular formula is C19H19N3O4. The van der Waals surface area contributed by atoms with E-state index in [1.54, 1.807) is 6.20 Å². The predicted octanol–water partition coefficient (Wildman–Crippen LogP) is 2.08. The number of ether oxygens (including phenoxy) is 1. The van der Waals surface area contributed by atoms with Crippen LogP contribution in [-0.2, 0) is 14.3 Å². The highest BCUT2D eigenvalue weighted by Gasteiger charge is 2.16. The highest BCUT2D eigenvalue weighted by molar-refractivity contribution is 6.12. The molecule has 0 saturated carbocycles. The van der Waals surface area contributed by atoms with Crippen LogP contribution in [0.3, 0.4) is 0 Å². The molecule has 0 aliphatic carbocycles. The molecule has 0 unspecified atom stereocenters. The van der Waals surface area contributed by atoms with Gasteiger partial charge in [0, 0.05) is 42.7 Å². The number of methoxy groups -OCH3 is 1. The van der Waals surface area contributed by atoms with E-state index in [1.807, 2.05) is 30.5 Å². The summed E-state index contributed by atoms with van der Waals surface area (Å²) < 4.78 is 5.98. The molecule has 134 valence electrons. The molecule has 2 aromatic heterocycles. The molecule has 2 heterocycles. The summed E-state index contributed by atoms with van der Waals surface area (Å²) in [4.78, 5) is 30.2. The number of aldehydes is 1. The van der Waals surface area contributed by atoms with Gasteiger partial charge in [0.15, 0.2) is 6.29 Å². The highest BCUT2D eigenvalue weighted by Crippen LogP contribution is 2.14. The molecule has 0 saturated heterocycles. The Morgan fingerprint density at radius 1 is 1.23 bits per heavy atom. The van der Waals surface area contributed by atoms with Gasteiger partial charge in [0.2, 0.25) is 0 Å². The molecule has 0 aliphatic rings. The van der Waals surface area contributed by atoms with Crippen LogP contribution in [-0.4, -0.2) is 45.6 Å². The number of benzene rings is 1. The fourth-order valence-corrected chi connectivity index (χ4v) is 2.29. The van der Waals surface area contributed by atoms with Gasteiger partial charge in [-0.3, -0.25) is 9.78 Å². The van der Waals surface area contributed by atoms with Gasteiger partial charge in [-0.15, -0.1) is 0 Å². The smallest absolute Gasteiger partial charge is 0.343 e. The Morgan fingerprint density at radius 2 is 2.00 bits per heavy atom. The zero-order chi connectivity index (χ0) is 18.8. The van der Waals surface area contributed by atoms with Gasteiger partial charge in [0.1, 0.15) is 5.57 Å². The highest BCUT2D eigenvalue weighted by atomic mass is 16.5. The number of pyridine rings is 1. The van der Waals surface area contributed by atoms with Crippen molar-refractivity contribution in [3.63, 3.8) is 0 Å². The first-order valence-electron chi connectivity index (χ1n) is 7.86. The number of aliphatic hydroxyl groups is 1. The van der Waals surface area contributed by atoms with Gasteiger partial charge in [-0.25, -0.2) is 9.78 Å². The second-order valence-corrected chi connectivity index (χ2v) is 5.11. The van der Waals surface area contributed by atoms with E-state index in [-0.39, 0.29) is 18.6 Å². The van der Waals surface area contributed by atoms with E-state index in [4.69, 9.17) is 5.11 Å². The molecule has 0 fully saturated rings. The zero-order valence-corrected chi connectivity index (χ0v) is 14.3. The van der Waals surface area contributed by atoms with E-state index < -0.39 is 5.97 Å². The minimum atomic E-state index is -0.729. The average molecular weight is 353 g/mol. The van der Waals surface area contributed by atoms with Gasteiger partial charge >= 0.3 is 5.97 Å². The molecule has 26 heavy (non-hydrogen) atoms. The Bertz CT molecular complexity index is 823. The molecule has 7 nitrogen and oxygen atoms in total. The molecule has 3 aromatic rings. The fraction of sp³-hybridized carbons (Fsp3) is 0.158. The molecule has 0 atom stereocenters. The molecule has 1 N–H and O–H groups in total. The second kappa shape index (κ2) is 9.85. The van der Waals surface area contributed by atoms with Crippen LogP contribution in [0.25, 0.3) is 16.6 Å². The lowest BCUT2D eigenvalue weighted by Crippen LogP contribution is -2.12. The first-order valence-corrected chi connectivity index (χ1v) is 7.86. The second-order valence-electron chi connectivity index (χ2n) is 5.11. The maximum Gasteiger partial charge on any atom is 0.343 e. The lowest BCUT2D eigenvalue weighted by molar-refractivity contribution is -0.136. The largest absolute Gasteiger partial charge is 0.465 e. The molecule has 1 aromatic carbocycles. The van der Waals surface area contributed by atoms with Gasteiger partial charge < -0.3 is 14.4 Å². The minimum absolute atomic E-state index is 0.116. The molecule has 7 heteroatoms. The number of hydrogen-bond donors (Lipinski definition) is 1. The number of imidazole rings is 1. The zero-order valence-electron chi connectivity index (χ0n) is 14.3. The molecule has 0 radical (unpaired) electrons. The lowest BCUT2D eigenvalue weighted by atomic mass is 10.2. The van der Waals surface area contributed by atoms with E-state index in [9.17, 15) is 9.59 Å². The van der Waals surface area contributed by atoms with E-state index in [1.165, 1.54) is 29.6 Å². The number of fused-ring (bicyclic) bond motifs is 1. The van der Waals surface area contributed by atoms with Crippen LogP contribution in [0.2, 0.25) is 0 Å².